The number of halogens is 1. The Morgan fingerprint density at radius 3 is 2.62 bits per heavy atom. The zero-order chi connectivity index (χ0) is 28.8. The van der Waals surface area contributed by atoms with Crippen LogP contribution in [0.4, 0.5) is 5.82 Å². The molecule has 222 valence electrons. The Hall–Kier alpha value is -2.60. The number of thiazole rings is 1. The van der Waals surface area contributed by atoms with Crippen LogP contribution in [0, 0.1) is 17.8 Å². The van der Waals surface area contributed by atoms with E-state index in [1.807, 2.05) is 29.0 Å². The first-order chi connectivity index (χ1) is 20.4. The monoisotopic (exact) mass is 608 g/mol. The van der Waals surface area contributed by atoms with Crippen LogP contribution in [0.25, 0.3) is 21.6 Å². The highest BCUT2D eigenvalue weighted by atomic mass is 35.5. The molecule has 7 rings (SSSR count). The van der Waals surface area contributed by atoms with Crippen molar-refractivity contribution in [3.8, 4) is 10.6 Å². The highest BCUT2D eigenvalue weighted by Gasteiger charge is 2.47. The average Bonchev–Trinajstić information content (AvgIpc) is 3.79. The third-order valence-electron chi connectivity index (χ3n) is 9.51. The maximum absolute atomic E-state index is 11.4. The van der Waals surface area contributed by atoms with Crippen molar-refractivity contribution >= 4 is 39.8 Å². The minimum absolute atomic E-state index is 0.00913. The number of nitrogen functional groups attached to an aromatic ring is 1. The van der Waals surface area contributed by atoms with Gasteiger partial charge in [0.25, 0.3) is 0 Å². The summed E-state index contributed by atoms with van der Waals surface area (Å²) in [5.74, 6) is 1.28. The number of fused-ring (bicyclic) bond motifs is 1. The molecule has 5 heterocycles. The Balaban J connectivity index is 1.14. The fraction of sp³-hybridized carbons (Fsp3) is 0.516. The number of aliphatic hydroxyl groups is 2. The molecule has 0 bridgehead atoms. The van der Waals surface area contributed by atoms with Crippen molar-refractivity contribution in [2.24, 2.45) is 17.8 Å². The number of likely N-dealkylation sites (tertiary alicyclic amines) is 1. The molecule has 1 aliphatic carbocycles. The first-order valence-electron chi connectivity index (χ1n) is 14.9. The Labute approximate surface area is 254 Å². The number of hydrogen-bond donors (Lipinski definition) is 3. The summed E-state index contributed by atoms with van der Waals surface area (Å²) in [5.41, 5.74) is 9.96. The largest absolute Gasteiger partial charge is 0.390 e. The lowest BCUT2D eigenvalue weighted by Crippen LogP contribution is -2.41. The van der Waals surface area contributed by atoms with Crippen LogP contribution in [-0.2, 0) is 11.2 Å². The van der Waals surface area contributed by atoms with Gasteiger partial charge in [-0.1, -0.05) is 30.3 Å². The van der Waals surface area contributed by atoms with Crippen LogP contribution in [0.2, 0.25) is 5.28 Å². The zero-order valence-electron chi connectivity index (χ0n) is 23.5. The summed E-state index contributed by atoms with van der Waals surface area (Å²) in [6.45, 7) is 4.89. The molecule has 4 N–H and O–H groups in total. The Kier molecular flexibility index (Phi) is 7.94. The van der Waals surface area contributed by atoms with E-state index in [0.29, 0.717) is 29.3 Å². The second-order valence-corrected chi connectivity index (χ2v) is 13.3. The van der Waals surface area contributed by atoms with E-state index < -0.39 is 12.2 Å². The van der Waals surface area contributed by atoms with E-state index in [4.69, 9.17) is 27.1 Å². The Morgan fingerprint density at radius 2 is 1.86 bits per heavy atom. The fourth-order valence-corrected chi connectivity index (χ4v) is 8.33. The molecule has 4 aromatic rings. The molecule has 2 saturated heterocycles. The van der Waals surface area contributed by atoms with Crippen LogP contribution >= 0.6 is 22.9 Å². The van der Waals surface area contributed by atoms with E-state index in [-0.39, 0.29) is 23.1 Å². The first kappa shape index (κ1) is 28.2. The molecule has 0 unspecified atom stereocenters. The summed E-state index contributed by atoms with van der Waals surface area (Å²) < 4.78 is 7.52. The molecule has 3 fully saturated rings. The van der Waals surface area contributed by atoms with Gasteiger partial charge in [-0.15, -0.1) is 11.3 Å². The maximum atomic E-state index is 11.4. The highest BCUT2D eigenvalue weighted by molar-refractivity contribution is 7.13. The molecule has 2 aliphatic heterocycles. The lowest BCUT2D eigenvalue weighted by atomic mass is 9.81. The number of rotatable bonds is 7. The molecule has 0 radical (unpaired) electrons. The van der Waals surface area contributed by atoms with Gasteiger partial charge in [0, 0.05) is 36.7 Å². The standard InChI is InChI=1S/C31H37ClN6O3S/c32-31-35-28(33)25-23(30-34-21(17-42-30)12-18-4-2-1-3-5-18)15-38(29(25)36-31)24-13-22(26(39)27(24)40)20-6-9-37(10-7-20)14-19-8-11-41-16-19/h1-5,15,17,19-20,22,24,26-27,39-40H,6-14,16H2,(H2,33,35,36)/t19-,22-,24-,26-,27+/m1/s1. The zero-order valence-corrected chi connectivity index (χ0v) is 25.1. The second kappa shape index (κ2) is 11.8. The van der Waals surface area contributed by atoms with Crippen LogP contribution in [0.5, 0.6) is 0 Å². The summed E-state index contributed by atoms with van der Waals surface area (Å²) in [6.07, 6.45) is 4.83. The predicted molar refractivity (Wildman–Crippen MR) is 165 cm³/mol. The number of nitrogens with two attached hydrogens (primary N) is 1. The van der Waals surface area contributed by atoms with E-state index >= 15 is 0 Å². The minimum atomic E-state index is -0.924. The van der Waals surface area contributed by atoms with E-state index in [1.54, 1.807) is 11.3 Å². The number of anilines is 1. The minimum Gasteiger partial charge on any atom is -0.390 e. The first-order valence-corrected chi connectivity index (χ1v) is 16.2. The van der Waals surface area contributed by atoms with Gasteiger partial charge in [0.05, 0.1) is 29.8 Å². The summed E-state index contributed by atoms with van der Waals surface area (Å²) in [6, 6.07) is 9.90. The van der Waals surface area contributed by atoms with Crippen LogP contribution in [0.1, 0.15) is 43.0 Å². The van der Waals surface area contributed by atoms with E-state index in [2.05, 4.69) is 32.4 Å². The molecule has 5 atom stereocenters. The van der Waals surface area contributed by atoms with Gasteiger partial charge in [-0.25, -0.2) is 9.97 Å². The molecule has 3 aliphatic rings. The molecule has 1 saturated carbocycles. The average molecular weight is 609 g/mol. The Morgan fingerprint density at radius 1 is 1.05 bits per heavy atom. The van der Waals surface area contributed by atoms with Gasteiger partial charge < -0.3 is 30.2 Å². The number of aliphatic hydroxyl groups excluding tert-OH is 2. The van der Waals surface area contributed by atoms with Gasteiger partial charge in [-0.2, -0.15) is 4.98 Å². The van der Waals surface area contributed by atoms with Crippen molar-refractivity contribution < 1.29 is 14.9 Å². The van der Waals surface area contributed by atoms with E-state index in [1.165, 1.54) is 5.56 Å². The van der Waals surface area contributed by atoms with E-state index in [9.17, 15) is 10.2 Å². The number of nitrogens with zero attached hydrogens (tertiary/aromatic N) is 5. The summed E-state index contributed by atoms with van der Waals surface area (Å²) >= 11 is 7.84. The van der Waals surface area contributed by atoms with Crippen molar-refractivity contribution in [3.63, 3.8) is 0 Å². The Bertz CT molecular complexity index is 1530. The normalized spacial score (nSPS) is 27.4. The number of piperidine rings is 1. The third-order valence-corrected chi connectivity index (χ3v) is 10.6. The van der Waals surface area contributed by atoms with Crippen LogP contribution < -0.4 is 5.73 Å². The summed E-state index contributed by atoms with van der Waals surface area (Å²) in [4.78, 5) is 16.3. The number of benzene rings is 1. The van der Waals surface area contributed by atoms with Crippen LogP contribution in [0.15, 0.2) is 41.9 Å². The van der Waals surface area contributed by atoms with Gasteiger partial charge in [-0.3, -0.25) is 0 Å². The van der Waals surface area contributed by atoms with Crippen LogP contribution in [0.3, 0.4) is 0 Å². The topological polar surface area (TPSA) is 123 Å². The fourth-order valence-electron chi connectivity index (χ4n) is 7.32. The van der Waals surface area contributed by atoms with Crippen molar-refractivity contribution in [1.82, 2.24) is 24.4 Å². The molecular weight excluding hydrogens is 572 g/mol. The van der Waals surface area contributed by atoms with Crippen molar-refractivity contribution in [3.05, 3.63) is 58.4 Å². The number of ether oxygens (including phenoxy) is 1. The number of hydrogen-bond acceptors (Lipinski definition) is 9. The molecule has 0 amide bonds. The molecule has 3 aromatic heterocycles. The predicted octanol–water partition coefficient (Wildman–Crippen LogP) is 4.41. The lowest BCUT2D eigenvalue weighted by Gasteiger charge is -2.36. The molecule has 11 heteroatoms. The van der Waals surface area contributed by atoms with E-state index in [0.717, 1.165) is 74.8 Å². The molecule has 0 spiro atoms. The van der Waals surface area contributed by atoms with Crippen molar-refractivity contribution in [2.45, 2.75) is 50.4 Å². The lowest BCUT2D eigenvalue weighted by molar-refractivity contribution is -0.0128. The SMILES string of the molecule is Nc1nc(Cl)nc2c1c(-c1nc(Cc3ccccc3)cs1)cn2[C@@H]1C[C@H](C2CCN(C[C@H]3CCOC3)CC2)[C@@H](O)[C@H]1O. The van der Waals surface area contributed by atoms with Gasteiger partial charge in [0.1, 0.15) is 22.6 Å². The number of aromatic nitrogens is 4. The smallest absolute Gasteiger partial charge is 0.226 e. The summed E-state index contributed by atoms with van der Waals surface area (Å²) in [5, 5.41) is 26.3. The molecular formula is C31H37ClN6O3S. The molecule has 42 heavy (non-hydrogen) atoms. The van der Waals surface area contributed by atoms with Gasteiger partial charge in [0.15, 0.2) is 0 Å². The second-order valence-electron chi connectivity index (χ2n) is 12.1. The van der Waals surface area contributed by atoms with Crippen molar-refractivity contribution in [2.75, 3.05) is 38.6 Å². The molecule has 9 nitrogen and oxygen atoms in total. The molecule has 1 aromatic carbocycles. The van der Waals surface area contributed by atoms with Crippen LogP contribution in [-0.4, -0.2) is 79.7 Å². The summed E-state index contributed by atoms with van der Waals surface area (Å²) in [7, 11) is 0. The maximum Gasteiger partial charge on any atom is 0.226 e. The highest BCUT2D eigenvalue weighted by Crippen LogP contribution is 2.46. The van der Waals surface area contributed by atoms with Crippen molar-refractivity contribution in [1.29, 1.82) is 0 Å². The third kappa shape index (κ3) is 5.44. The van der Waals surface area contributed by atoms with Gasteiger partial charge >= 0.3 is 0 Å². The van der Waals surface area contributed by atoms with Gasteiger partial charge in [-0.05, 0) is 73.7 Å². The van der Waals surface area contributed by atoms with Gasteiger partial charge in [0.2, 0.25) is 5.28 Å². The quantitative estimate of drug-likeness (QED) is 0.264.